The Balaban J connectivity index is 1.60. The molecule has 28 heavy (non-hydrogen) atoms. The third-order valence-corrected chi connectivity index (χ3v) is 4.28. The SMILES string of the molecule is COc1ccc(-c2nnc(CNC(=O)C3CCCN3C(=O)C(F)(F)F)o2)cc1. The second-order valence-electron chi connectivity index (χ2n) is 6.10. The number of carbonyl (C=O) groups is 2. The van der Waals surface area contributed by atoms with Gasteiger partial charge < -0.3 is 19.4 Å². The molecule has 1 fully saturated rings. The lowest BCUT2D eigenvalue weighted by Gasteiger charge is -2.24. The highest BCUT2D eigenvalue weighted by molar-refractivity contribution is 5.90. The number of rotatable bonds is 5. The third kappa shape index (κ3) is 4.24. The Kier molecular flexibility index (Phi) is 5.52. The van der Waals surface area contributed by atoms with Crippen molar-refractivity contribution < 1.29 is 31.9 Å². The summed E-state index contributed by atoms with van der Waals surface area (Å²) in [7, 11) is 1.54. The van der Waals surface area contributed by atoms with E-state index in [9.17, 15) is 22.8 Å². The molecule has 2 heterocycles. The van der Waals surface area contributed by atoms with E-state index in [-0.39, 0.29) is 31.3 Å². The van der Waals surface area contributed by atoms with Crippen LogP contribution in [0.3, 0.4) is 0 Å². The second-order valence-corrected chi connectivity index (χ2v) is 6.10. The van der Waals surface area contributed by atoms with Gasteiger partial charge in [0, 0.05) is 12.1 Å². The van der Waals surface area contributed by atoms with Crippen molar-refractivity contribution in [3.05, 3.63) is 30.2 Å². The van der Waals surface area contributed by atoms with Gasteiger partial charge in [0.25, 0.3) is 0 Å². The number of carbonyl (C=O) groups excluding carboxylic acids is 2. The Hall–Kier alpha value is -3.11. The molecule has 1 unspecified atom stereocenters. The zero-order chi connectivity index (χ0) is 20.3. The number of amides is 2. The van der Waals surface area contributed by atoms with Crippen LogP contribution < -0.4 is 10.1 Å². The fourth-order valence-corrected chi connectivity index (χ4v) is 2.90. The lowest BCUT2D eigenvalue weighted by atomic mass is 10.2. The van der Waals surface area contributed by atoms with E-state index in [4.69, 9.17) is 9.15 Å². The van der Waals surface area contributed by atoms with E-state index in [0.29, 0.717) is 22.6 Å². The van der Waals surface area contributed by atoms with Gasteiger partial charge in [-0.25, -0.2) is 0 Å². The molecule has 1 aromatic heterocycles. The Bertz CT molecular complexity index is 851. The molecular formula is C17H17F3N4O4. The van der Waals surface area contributed by atoms with Crippen molar-refractivity contribution in [2.24, 2.45) is 0 Å². The van der Waals surface area contributed by atoms with Gasteiger partial charge in [0.2, 0.25) is 17.7 Å². The molecular weight excluding hydrogens is 381 g/mol. The van der Waals surface area contributed by atoms with E-state index < -0.39 is 24.0 Å². The summed E-state index contributed by atoms with van der Waals surface area (Å²) < 4.78 is 48.4. The number of halogens is 3. The molecule has 150 valence electrons. The maximum absolute atomic E-state index is 12.6. The molecule has 1 aliphatic rings. The van der Waals surface area contributed by atoms with Gasteiger partial charge in [-0.1, -0.05) is 0 Å². The maximum atomic E-state index is 12.6. The molecule has 2 aromatic rings. The van der Waals surface area contributed by atoms with E-state index in [2.05, 4.69) is 15.5 Å². The van der Waals surface area contributed by atoms with E-state index in [1.54, 1.807) is 24.3 Å². The lowest BCUT2D eigenvalue weighted by molar-refractivity contribution is -0.186. The summed E-state index contributed by atoms with van der Waals surface area (Å²) in [5.41, 5.74) is 0.642. The van der Waals surface area contributed by atoms with Gasteiger partial charge in [0.05, 0.1) is 13.7 Å². The second kappa shape index (κ2) is 7.87. The first kappa shape index (κ1) is 19.6. The molecule has 0 aliphatic carbocycles. The molecule has 3 rings (SSSR count). The Labute approximate surface area is 157 Å². The van der Waals surface area contributed by atoms with Crippen molar-refractivity contribution in [3.63, 3.8) is 0 Å². The predicted molar refractivity (Wildman–Crippen MR) is 88.9 cm³/mol. The minimum Gasteiger partial charge on any atom is -0.497 e. The topological polar surface area (TPSA) is 97.6 Å². The number of benzene rings is 1. The molecule has 1 atom stereocenters. The Morgan fingerprint density at radius 3 is 2.64 bits per heavy atom. The van der Waals surface area contributed by atoms with Crippen LogP contribution in [0.5, 0.6) is 5.75 Å². The minimum absolute atomic E-state index is 0.0888. The summed E-state index contributed by atoms with van der Waals surface area (Å²) in [4.78, 5) is 24.2. The lowest BCUT2D eigenvalue weighted by Crippen LogP contribution is -2.50. The number of likely N-dealkylation sites (tertiary alicyclic amines) is 1. The first-order valence-corrected chi connectivity index (χ1v) is 8.42. The molecule has 0 bridgehead atoms. The van der Waals surface area contributed by atoms with Gasteiger partial charge in [-0.05, 0) is 37.1 Å². The van der Waals surface area contributed by atoms with Crippen LogP contribution in [0.4, 0.5) is 13.2 Å². The number of nitrogens with one attached hydrogen (secondary N) is 1. The minimum atomic E-state index is -5.01. The van der Waals surface area contributed by atoms with Crippen molar-refractivity contribution >= 4 is 11.8 Å². The van der Waals surface area contributed by atoms with Crippen molar-refractivity contribution in [1.82, 2.24) is 20.4 Å². The maximum Gasteiger partial charge on any atom is 0.471 e. The molecule has 0 saturated carbocycles. The molecule has 1 N–H and O–H groups in total. The van der Waals surface area contributed by atoms with E-state index >= 15 is 0 Å². The zero-order valence-electron chi connectivity index (χ0n) is 14.8. The molecule has 8 nitrogen and oxygen atoms in total. The first-order chi connectivity index (χ1) is 13.3. The zero-order valence-corrected chi connectivity index (χ0v) is 14.8. The summed E-state index contributed by atoms with van der Waals surface area (Å²) >= 11 is 0. The van der Waals surface area contributed by atoms with E-state index in [0.717, 1.165) is 0 Å². The highest BCUT2D eigenvalue weighted by Gasteiger charge is 2.47. The number of hydrogen-bond acceptors (Lipinski definition) is 6. The van der Waals surface area contributed by atoms with Crippen molar-refractivity contribution in [3.8, 4) is 17.2 Å². The molecule has 0 spiro atoms. The Morgan fingerprint density at radius 1 is 1.29 bits per heavy atom. The molecule has 1 saturated heterocycles. The summed E-state index contributed by atoms with van der Waals surface area (Å²) in [6, 6.07) is 5.70. The van der Waals surface area contributed by atoms with Crippen LogP contribution >= 0.6 is 0 Å². The summed E-state index contributed by atoms with van der Waals surface area (Å²) in [6.45, 7) is -0.273. The largest absolute Gasteiger partial charge is 0.497 e. The van der Waals surface area contributed by atoms with Crippen LogP contribution in [0.15, 0.2) is 28.7 Å². The molecule has 2 amide bonds. The average molecular weight is 398 g/mol. The van der Waals surface area contributed by atoms with E-state index in [1.165, 1.54) is 7.11 Å². The summed E-state index contributed by atoms with van der Waals surface area (Å²) in [5, 5.41) is 10.1. The smallest absolute Gasteiger partial charge is 0.471 e. The van der Waals surface area contributed by atoms with Crippen LogP contribution in [0.25, 0.3) is 11.5 Å². The number of methoxy groups -OCH3 is 1. The van der Waals surface area contributed by atoms with E-state index in [1.807, 2.05) is 0 Å². The monoisotopic (exact) mass is 398 g/mol. The van der Waals surface area contributed by atoms with Crippen molar-refractivity contribution in [1.29, 1.82) is 0 Å². The average Bonchev–Trinajstić information content (AvgIpc) is 3.34. The van der Waals surface area contributed by atoms with Crippen LogP contribution in [-0.4, -0.2) is 52.8 Å². The van der Waals surface area contributed by atoms with Crippen molar-refractivity contribution in [2.45, 2.75) is 31.6 Å². The number of ether oxygens (including phenoxy) is 1. The fraction of sp³-hybridized carbons (Fsp3) is 0.412. The first-order valence-electron chi connectivity index (χ1n) is 8.42. The van der Waals surface area contributed by atoms with Gasteiger partial charge in [0.15, 0.2) is 0 Å². The molecule has 11 heteroatoms. The summed E-state index contributed by atoms with van der Waals surface area (Å²) in [5.74, 6) is -1.73. The Morgan fingerprint density at radius 2 is 2.00 bits per heavy atom. The van der Waals surface area contributed by atoms with Crippen LogP contribution in [-0.2, 0) is 16.1 Å². The number of aromatic nitrogens is 2. The van der Waals surface area contributed by atoms with Gasteiger partial charge in [-0.15, -0.1) is 10.2 Å². The van der Waals surface area contributed by atoms with Gasteiger partial charge in [-0.3, -0.25) is 9.59 Å². The third-order valence-electron chi connectivity index (χ3n) is 4.28. The van der Waals surface area contributed by atoms with Crippen LogP contribution in [0.2, 0.25) is 0 Å². The van der Waals surface area contributed by atoms with Crippen molar-refractivity contribution in [2.75, 3.05) is 13.7 Å². The molecule has 1 aromatic carbocycles. The quantitative estimate of drug-likeness (QED) is 0.827. The molecule has 1 aliphatic heterocycles. The van der Waals surface area contributed by atoms with Crippen LogP contribution in [0, 0.1) is 0 Å². The van der Waals surface area contributed by atoms with Gasteiger partial charge in [0.1, 0.15) is 11.8 Å². The predicted octanol–water partition coefficient (Wildman–Crippen LogP) is 1.91. The normalized spacial score (nSPS) is 16.9. The molecule has 0 radical (unpaired) electrons. The fourth-order valence-electron chi connectivity index (χ4n) is 2.90. The van der Waals surface area contributed by atoms with Gasteiger partial charge in [-0.2, -0.15) is 13.2 Å². The standard InChI is InChI=1S/C17H17F3N4O4/c1-27-11-6-4-10(5-7-11)15-23-22-13(28-15)9-21-14(25)12-3-2-8-24(12)16(26)17(18,19)20/h4-7,12H,2-3,8-9H2,1H3,(H,21,25). The number of nitrogens with zero attached hydrogens (tertiary/aromatic N) is 3. The number of alkyl halides is 3. The van der Waals surface area contributed by atoms with Crippen LogP contribution in [0.1, 0.15) is 18.7 Å². The number of hydrogen-bond donors (Lipinski definition) is 1. The van der Waals surface area contributed by atoms with Gasteiger partial charge >= 0.3 is 12.1 Å². The summed E-state index contributed by atoms with van der Waals surface area (Å²) in [6.07, 6.45) is -4.53. The highest BCUT2D eigenvalue weighted by atomic mass is 19.4. The highest BCUT2D eigenvalue weighted by Crippen LogP contribution is 2.26.